The van der Waals surface area contributed by atoms with E-state index in [-0.39, 0.29) is 0 Å². The second-order valence-electron chi connectivity index (χ2n) is 4.05. The highest BCUT2D eigenvalue weighted by Crippen LogP contribution is 2.19. The number of nitrogens with one attached hydrogen (secondary N) is 1. The minimum Gasteiger partial charge on any atom is -0.375 e. The Morgan fingerprint density at radius 1 is 1.62 bits per heavy atom. The molecule has 2 rings (SSSR count). The van der Waals surface area contributed by atoms with Crippen LogP contribution >= 0.6 is 23.1 Å². The van der Waals surface area contributed by atoms with Gasteiger partial charge in [0, 0.05) is 17.5 Å². The highest BCUT2D eigenvalue weighted by Gasteiger charge is 2.23. The van der Waals surface area contributed by atoms with Crippen molar-refractivity contribution >= 4 is 23.1 Å². The molecule has 0 amide bonds. The van der Waals surface area contributed by atoms with Gasteiger partial charge in [-0.2, -0.15) is 23.1 Å². The van der Waals surface area contributed by atoms with Crippen LogP contribution < -0.4 is 5.32 Å². The molecular formula is C12H19NOS2. The fourth-order valence-electron chi connectivity index (χ4n) is 2.01. The first kappa shape index (κ1) is 12.4. The van der Waals surface area contributed by atoms with E-state index in [1.54, 1.807) is 11.3 Å². The van der Waals surface area contributed by atoms with Crippen molar-refractivity contribution in [2.24, 2.45) is 0 Å². The molecule has 0 aliphatic carbocycles. The highest BCUT2D eigenvalue weighted by atomic mass is 32.2. The van der Waals surface area contributed by atoms with Crippen molar-refractivity contribution in [2.75, 3.05) is 25.2 Å². The van der Waals surface area contributed by atoms with Crippen LogP contribution in [-0.2, 0) is 11.2 Å². The average molecular weight is 257 g/mol. The Bertz CT molecular complexity index is 283. The van der Waals surface area contributed by atoms with Crippen LogP contribution in [0.5, 0.6) is 0 Å². The summed E-state index contributed by atoms with van der Waals surface area (Å²) in [6.45, 7) is 0.909. The van der Waals surface area contributed by atoms with E-state index in [4.69, 9.17) is 4.74 Å². The van der Waals surface area contributed by atoms with Gasteiger partial charge in [0.25, 0.3) is 0 Å². The van der Waals surface area contributed by atoms with E-state index >= 15 is 0 Å². The molecule has 1 aromatic rings. The maximum absolute atomic E-state index is 5.82. The molecule has 2 nitrogen and oxygen atoms in total. The van der Waals surface area contributed by atoms with E-state index in [0.29, 0.717) is 12.1 Å². The summed E-state index contributed by atoms with van der Waals surface area (Å²) in [7, 11) is 2.04. The molecule has 0 aromatic carbocycles. The Balaban J connectivity index is 1.80. The Morgan fingerprint density at radius 3 is 3.19 bits per heavy atom. The smallest absolute Gasteiger partial charge is 0.0818 e. The first-order chi connectivity index (χ1) is 7.90. The van der Waals surface area contributed by atoms with E-state index in [9.17, 15) is 0 Å². The van der Waals surface area contributed by atoms with Crippen LogP contribution in [0.25, 0.3) is 0 Å². The summed E-state index contributed by atoms with van der Waals surface area (Å²) in [5.74, 6) is 2.28. The fraction of sp³-hybridized carbons (Fsp3) is 0.667. The van der Waals surface area contributed by atoms with Crippen molar-refractivity contribution in [1.29, 1.82) is 0 Å². The molecule has 1 saturated heterocycles. The molecule has 16 heavy (non-hydrogen) atoms. The molecule has 4 heteroatoms. The van der Waals surface area contributed by atoms with Crippen molar-refractivity contribution in [3.8, 4) is 0 Å². The normalized spacial score (nSPS) is 23.2. The van der Waals surface area contributed by atoms with Gasteiger partial charge in [0.2, 0.25) is 0 Å². The van der Waals surface area contributed by atoms with Crippen LogP contribution in [0.4, 0.5) is 0 Å². The number of thioether (sulfide) groups is 1. The molecular weight excluding hydrogens is 238 g/mol. The van der Waals surface area contributed by atoms with Crippen molar-refractivity contribution < 1.29 is 4.74 Å². The summed E-state index contributed by atoms with van der Waals surface area (Å²) >= 11 is 3.79. The van der Waals surface area contributed by atoms with Crippen LogP contribution in [0.15, 0.2) is 16.8 Å². The summed E-state index contributed by atoms with van der Waals surface area (Å²) in [6, 6.07) is 2.71. The van der Waals surface area contributed by atoms with Gasteiger partial charge in [-0.3, -0.25) is 0 Å². The third-order valence-corrected chi connectivity index (χ3v) is 4.74. The van der Waals surface area contributed by atoms with Gasteiger partial charge in [-0.15, -0.1) is 0 Å². The number of rotatable bonds is 5. The Morgan fingerprint density at radius 2 is 2.56 bits per heavy atom. The molecule has 1 aliphatic heterocycles. The summed E-state index contributed by atoms with van der Waals surface area (Å²) in [6.07, 6.45) is 2.71. The molecule has 0 spiro atoms. The summed E-state index contributed by atoms with van der Waals surface area (Å²) in [5.41, 5.74) is 1.45. The van der Waals surface area contributed by atoms with Crippen molar-refractivity contribution in [2.45, 2.75) is 25.0 Å². The largest absolute Gasteiger partial charge is 0.375 e. The summed E-state index contributed by atoms with van der Waals surface area (Å²) in [5, 5.41) is 7.79. The van der Waals surface area contributed by atoms with Gasteiger partial charge < -0.3 is 10.1 Å². The number of thiophene rings is 1. The minimum absolute atomic E-state index is 0.391. The fourth-order valence-corrected chi connectivity index (χ4v) is 3.66. The van der Waals surface area contributed by atoms with Crippen LogP contribution in [0, 0.1) is 0 Å². The van der Waals surface area contributed by atoms with Crippen LogP contribution in [0.2, 0.25) is 0 Å². The lowest BCUT2D eigenvalue weighted by Gasteiger charge is -2.30. The molecule has 0 saturated carbocycles. The monoisotopic (exact) mass is 257 g/mol. The summed E-state index contributed by atoms with van der Waals surface area (Å²) < 4.78 is 5.82. The molecule has 1 aromatic heterocycles. The van der Waals surface area contributed by atoms with E-state index in [1.165, 1.54) is 12.0 Å². The lowest BCUT2D eigenvalue weighted by molar-refractivity contribution is 0.0470. The molecule has 1 N–H and O–H groups in total. The molecule has 90 valence electrons. The van der Waals surface area contributed by atoms with Gasteiger partial charge >= 0.3 is 0 Å². The van der Waals surface area contributed by atoms with E-state index in [0.717, 1.165) is 24.5 Å². The third kappa shape index (κ3) is 3.48. The zero-order valence-electron chi connectivity index (χ0n) is 9.65. The Kier molecular flexibility index (Phi) is 5.16. The molecule has 2 heterocycles. The predicted molar refractivity (Wildman–Crippen MR) is 72.6 cm³/mol. The molecule has 0 radical (unpaired) electrons. The zero-order chi connectivity index (χ0) is 11.2. The van der Waals surface area contributed by atoms with Crippen molar-refractivity contribution in [3.63, 3.8) is 0 Å². The van der Waals surface area contributed by atoms with Crippen LogP contribution in [-0.4, -0.2) is 37.3 Å². The van der Waals surface area contributed by atoms with Gasteiger partial charge in [0.05, 0.1) is 12.7 Å². The first-order valence-corrected chi connectivity index (χ1v) is 7.87. The quantitative estimate of drug-likeness (QED) is 0.875. The van der Waals surface area contributed by atoms with Gasteiger partial charge in [-0.25, -0.2) is 0 Å². The van der Waals surface area contributed by atoms with Gasteiger partial charge in [-0.1, -0.05) is 0 Å². The first-order valence-electron chi connectivity index (χ1n) is 5.78. The number of ether oxygens (including phenoxy) is 1. The SMILES string of the molecule is CNC(CCc1ccsc1)C1CSCCO1. The highest BCUT2D eigenvalue weighted by molar-refractivity contribution is 7.99. The predicted octanol–water partition coefficient (Wildman–Crippen LogP) is 2.40. The van der Waals surface area contributed by atoms with Crippen molar-refractivity contribution in [1.82, 2.24) is 5.32 Å². The maximum Gasteiger partial charge on any atom is 0.0818 e. The Labute approximate surface area is 106 Å². The van der Waals surface area contributed by atoms with Crippen LogP contribution in [0.1, 0.15) is 12.0 Å². The average Bonchev–Trinajstić information content (AvgIpc) is 2.84. The number of hydrogen-bond donors (Lipinski definition) is 1. The molecule has 1 aliphatic rings. The van der Waals surface area contributed by atoms with Gasteiger partial charge in [0.15, 0.2) is 0 Å². The van der Waals surface area contributed by atoms with E-state index in [2.05, 4.69) is 22.1 Å². The topological polar surface area (TPSA) is 21.3 Å². The Hall–Kier alpha value is -0.0300. The molecule has 2 unspecified atom stereocenters. The number of hydrogen-bond acceptors (Lipinski definition) is 4. The minimum atomic E-state index is 0.391. The summed E-state index contributed by atoms with van der Waals surface area (Å²) in [4.78, 5) is 0. The number of aryl methyl sites for hydroxylation is 1. The van der Waals surface area contributed by atoms with Crippen molar-refractivity contribution in [3.05, 3.63) is 22.4 Å². The standard InChI is InChI=1S/C12H19NOS2/c1-13-11(12-9-16-7-5-14-12)3-2-10-4-6-15-8-10/h4,6,8,11-13H,2-3,5,7,9H2,1H3. The second-order valence-corrected chi connectivity index (χ2v) is 5.98. The molecule has 2 atom stereocenters. The lowest BCUT2D eigenvalue weighted by atomic mass is 10.0. The second kappa shape index (κ2) is 6.64. The van der Waals surface area contributed by atoms with E-state index in [1.807, 2.05) is 18.8 Å². The van der Waals surface area contributed by atoms with E-state index < -0.39 is 0 Å². The molecule has 0 bridgehead atoms. The zero-order valence-corrected chi connectivity index (χ0v) is 11.3. The number of likely N-dealkylation sites (N-methyl/N-ethyl adjacent to an activating group) is 1. The maximum atomic E-state index is 5.82. The van der Waals surface area contributed by atoms with Gasteiger partial charge in [0.1, 0.15) is 0 Å². The molecule has 1 fully saturated rings. The third-order valence-electron chi connectivity index (χ3n) is 2.99. The van der Waals surface area contributed by atoms with Gasteiger partial charge in [-0.05, 0) is 42.3 Å². The lowest BCUT2D eigenvalue weighted by Crippen LogP contribution is -2.43. The van der Waals surface area contributed by atoms with Crippen LogP contribution in [0.3, 0.4) is 0 Å².